The normalized spacial score (nSPS) is 29.2. The number of allylic oxidation sites excluding steroid dienone is 4. The Balaban J connectivity index is 0.00000182. The molecule has 1 aromatic carbocycles. The summed E-state index contributed by atoms with van der Waals surface area (Å²) < 4.78 is 0. The maximum Gasteiger partial charge on any atom is 4.00 e. The van der Waals surface area contributed by atoms with Gasteiger partial charge in [-0.2, -0.15) is 0 Å². The van der Waals surface area contributed by atoms with Crippen LogP contribution >= 0.6 is 11.8 Å². The molecule has 28 heavy (non-hydrogen) atoms. The molecular formula is C24H37NSSiTi. The van der Waals surface area contributed by atoms with Crippen molar-refractivity contribution >= 4 is 20.0 Å². The molecule has 2 aliphatic carbocycles. The number of hydrogen-bond donors (Lipinski definition) is 0. The Morgan fingerprint density at radius 1 is 0.929 bits per heavy atom. The standard InChI is InChI=1S/C21H28NSSi.3CH3.Ti/c1-21(2,3)22-24(4,5)20-15-11-7-6-10-14(15)18-16-12-8-9-13-17(16)23-19(18)20;;;;/h6-15,18-20H,1-5H3;3*1H3;/q4*-1;+4/t14?,15-,18?,19?,20?;;;;/m1..../s1. The van der Waals surface area contributed by atoms with Crippen molar-refractivity contribution in [2.45, 2.75) is 61.0 Å². The molecule has 4 rings (SSSR count). The van der Waals surface area contributed by atoms with Gasteiger partial charge in [0.05, 0.1) is 0 Å². The second-order valence-electron chi connectivity index (χ2n) is 9.03. The summed E-state index contributed by atoms with van der Waals surface area (Å²) in [5, 5.41) is 0.692. The van der Waals surface area contributed by atoms with E-state index in [1.54, 1.807) is 5.56 Å². The molecule has 5 atom stereocenters. The van der Waals surface area contributed by atoms with Gasteiger partial charge in [0.2, 0.25) is 0 Å². The minimum Gasteiger partial charge on any atom is -0.660 e. The third kappa shape index (κ3) is 4.81. The van der Waals surface area contributed by atoms with Crippen molar-refractivity contribution < 1.29 is 21.7 Å². The van der Waals surface area contributed by atoms with Gasteiger partial charge in [-0.05, 0) is 29.0 Å². The van der Waals surface area contributed by atoms with E-state index in [1.165, 1.54) is 4.90 Å². The maximum absolute atomic E-state index is 5.41. The summed E-state index contributed by atoms with van der Waals surface area (Å²) in [6.07, 6.45) is 9.51. The molecule has 0 aromatic heterocycles. The Labute approximate surface area is 195 Å². The Morgan fingerprint density at radius 2 is 1.50 bits per heavy atom. The van der Waals surface area contributed by atoms with Crippen molar-refractivity contribution in [3.63, 3.8) is 0 Å². The number of fused-ring (bicyclic) bond motifs is 5. The quantitative estimate of drug-likeness (QED) is 0.334. The Kier molecular flexibility index (Phi) is 9.81. The van der Waals surface area contributed by atoms with E-state index in [9.17, 15) is 0 Å². The second kappa shape index (κ2) is 9.83. The first kappa shape index (κ1) is 27.9. The zero-order chi connectivity index (χ0) is 17.1. The van der Waals surface area contributed by atoms with E-state index in [2.05, 4.69) is 94.2 Å². The van der Waals surface area contributed by atoms with Crippen LogP contribution in [0.4, 0.5) is 0 Å². The fraction of sp³-hybridized carbons (Fsp3) is 0.458. The number of thioether (sulfide) groups is 1. The van der Waals surface area contributed by atoms with Crippen molar-refractivity contribution in [2.24, 2.45) is 11.8 Å². The zero-order valence-corrected chi connectivity index (χ0v) is 22.2. The first-order valence-corrected chi connectivity index (χ1v) is 13.0. The molecule has 4 unspecified atom stereocenters. The Bertz CT molecular complexity index is 707. The number of nitrogens with zero attached hydrogens (tertiary/aromatic N) is 1. The molecule has 1 aromatic rings. The van der Waals surface area contributed by atoms with Crippen LogP contribution in [-0.2, 0) is 21.7 Å². The van der Waals surface area contributed by atoms with Gasteiger partial charge in [-0.15, -0.1) is 17.3 Å². The maximum atomic E-state index is 5.41. The number of benzene rings is 1. The van der Waals surface area contributed by atoms with Crippen LogP contribution in [0.5, 0.6) is 0 Å². The molecule has 152 valence electrons. The molecule has 1 fully saturated rings. The summed E-state index contributed by atoms with van der Waals surface area (Å²) >= 11 is 2.14. The van der Waals surface area contributed by atoms with Gasteiger partial charge in [0.1, 0.15) is 0 Å². The molecular weight excluding hydrogens is 410 g/mol. The van der Waals surface area contributed by atoms with Crippen LogP contribution < -0.4 is 0 Å². The molecule has 0 amide bonds. The first-order valence-electron chi connectivity index (χ1n) is 9.13. The first-order chi connectivity index (χ1) is 11.3. The van der Waals surface area contributed by atoms with E-state index in [1.807, 2.05) is 0 Å². The van der Waals surface area contributed by atoms with Crippen LogP contribution in [0.25, 0.3) is 4.98 Å². The summed E-state index contributed by atoms with van der Waals surface area (Å²) in [6.45, 7) is 11.8. The van der Waals surface area contributed by atoms with Gasteiger partial charge in [-0.3, -0.25) is 0 Å². The molecule has 1 heterocycles. The van der Waals surface area contributed by atoms with E-state index in [4.69, 9.17) is 4.98 Å². The van der Waals surface area contributed by atoms with Crippen LogP contribution in [0.3, 0.4) is 0 Å². The fourth-order valence-corrected chi connectivity index (χ4v) is 12.3. The predicted octanol–water partition coefficient (Wildman–Crippen LogP) is 7.71. The van der Waals surface area contributed by atoms with Crippen molar-refractivity contribution in [3.8, 4) is 0 Å². The third-order valence-electron chi connectivity index (χ3n) is 5.74. The van der Waals surface area contributed by atoms with Gasteiger partial charge < -0.3 is 27.3 Å². The summed E-state index contributed by atoms with van der Waals surface area (Å²) in [6, 6.07) is 9.10. The Hall–Kier alpha value is -0.0588. The van der Waals surface area contributed by atoms with Crippen LogP contribution in [0.2, 0.25) is 18.6 Å². The van der Waals surface area contributed by atoms with Crippen molar-refractivity contribution in [2.75, 3.05) is 0 Å². The molecule has 1 nitrogen and oxygen atoms in total. The molecule has 4 heteroatoms. The van der Waals surface area contributed by atoms with Gasteiger partial charge >= 0.3 is 21.7 Å². The average molecular weight is 448 g/mol. The van der Waals surface area contributed by atoms with E-state index in [0.29, 0.717) is 28.5 Å². The van der Waals surface area contributed by atoms with Crippen LogP contribution in [0.15, 0.2) is 53.5 Å². The van der Waals surface area contributed by atoms with Crippen LogP contribution in [-0.4, -0.2) is 19.0 Å². The summed E-state index contributed by atoms with van der Waals surface area (Å²) in [5.74, 6) is 1.99. The summed E-state index contributed by atoms with van der Waals surface area (Å²) in [4.78, 5) is 6.92. The largest absolute Gasteiger partial charge is 4.00 e. The molecule has 1 aliphatic heterocycles. The zero-order valence-electron chi connectivity index (χ0n) is 18.9. The minimum absolute atomic E-state index is 0. The van der Waals surface area contributed by atoms with Gasteiger partial charge in [-0.1, -0.05) is 84.6 Å². The number of hydrogen-bond acceptors (Lipinski definition) is 1. The SMILES string of the molecule is CC(C)(C)[N-][Si](C)(C)C1C2Sc3ccccc3C2C2C=CC=C[C@H]21.[CH3-].[CH3-].[CH3-].[Ti+4]. The molecule has 0 saturated heterocycles. The van der Waals surface area contributed by atoms with Crippen molar-refractivity contribution in [1.82, 2.24) is 0 Å². The van der Waals surface area contributed by atoms with Gasteiger partial charge in [0, 0.05) is 16.1 Å². The molecule has 0 radical (unpaired) electrons. The average Bonchev–Trinajstić information content (AvgIpc) is 2.98. The summed E-state index contributed by atoms with van der Waals surface area (Å²) in [5.41, 5.74) is 2.36. The number of rotatable bonds is 2. The fourth-order valence-electron chi connectivity index (χ4n) is 5.37. The monoisotopic (exact) mass is 447 g/mol. The van der Waals surface area contributed by atoms with E-state index < -0.39 is 8.24 Å². The van der Waals surface area contributed by atoms with Crippen LogP contribution in [0, 0.1) is 34.1 Å². The van der Waals surface area contributed by atoms with E-state index in [-0.39, 0.29) is 49.5 Å². The molecule has 0 bridgehead atoms. The topological polar surface area (TPSA) is 14.1 Å². The third-order valence-corrected chi connectivity index (χ3v) is 11.1. The second-order valence-corrected chi connectivity index (χ2v) is 14.5. The smallest absolute Gasteiger partial charge is 0.660 e. The molecule has 0 N–H and O–H groups in total. The predicted molar refractivity (Wildman–Crippen MR) is 128 cm³/mol. The molecule has 0 spiro atoms. The van der Waals surface area contributed by atoms with Gasteiger partial charge in [0.15, 0.2) is 0 Å². The molecule has 1 saturated carbocycles. The van der Waals surface area contributed by atoms with E-state index in [0.717, 1.165) is 0 Å². The van der Waals surface area contributed by atoms with E-state index >= 15 is 0 Å². The molecule has 3 aliphatic rings. The van der Waals surface area contributed by atoms with Crippen molar-refractivity contribution in [3.05, 3.63) is 81.4 Å². The van der Waals surface area contributed by atoms with Crippen molar-refractivity contribution in [1.29, 1.82) is 0 Å². The van der Waals surface area contributed by atoms with Crippen LogP contribution in [0.1, 0.15) is 32.3 Å². The summed E-state index contributed by atoms with van der Waals surface area (Å²) in [7, 11) is -1.72. The van der Waals surface area contributed by atoms with Gasteiger partial charge in [0.25, 0.3) is 0 Å². The minimum atomic E-state index is -1.72. The Morgan fingerprint density at radius 3 is 2.11 bits per heavy atom. The van der Waals surface area contributed by atoms with Gasteiger partial charge in [-0.25, -0.2) is 0 Å².